The molecule has 0 saturated heterocycles. The van der Waals surface area contributed by atoms with E-state index in [1.54, 1.807) is 61.7 Å². The molecule has 7 heteroatoms. The first-order valence-corrected chi connectivity index (χ1v) is 10.0. The third kappa shape index (κ3) is 4.67. The summed E-state index contributed by atoms with van der Waals surface area (Å²) in [6, 6.07) is 24.8. The second-order valence-corrected chi connectivity index (χ2v) is 7.18. The molecule has 32 heavy (non-hydrogen) atoms. The number of nitrogens with zero attached hydrogens (tertiary/aromatic N) is 2. The summed E-state index contributed by atoms with van der Waals surface area (Å²) in [5.41, 5.74) is 9.58. The Balaban J connectivity index is 1.51. The van der Waals surface area contributed by atoms with Gasteiger partial charge in [0.2, 0.25) is 0 Å². The maximum atomic E-state index is 12.5. The second kappa shape index (κ2) is 9.18. The van der Waals surface area contributed by atoms with Crippen LogP contribution in [-0.4, -0.2) is 22.8 Å². The van der Waals surface area contributed by atoms with Crippen LogP contribution in [0.2, 0.25) is 0 Å². The lowest BCUT2D eigenvalue weighted by Gasteiger charge is -2.10. The fourth-order valence-electron chi connectivity index (χ4n) is 3.24. The molecule has 160 valence electrons. The zero-order valence-electron chi connectivity index (χ0n) is 17.5. The topological polar surface area (TPSA) is 99.2 Å². The number of amides is 1. The Hall–Kier alpha value is -4.39. The monoisotopic (exact) mass is 426 g/mol. The Kier molecular flexibility index (Phi) is 5.98. The first kappa shape index (κ1) is 20.9. The Morgan fingerprint density at radius 1 is 1.00 bits per heavy atom. The van der Waals surface area contributed by atoms with Crippen LogP contribution in [-0.2, 0) is 6.54 Å². The number of carbonyl (C=O) groups excluding carboxylic acids is 1. The molecule has 0 aliphatic heterocycles. The Morgan fingerprint density at radius 2 is 1.78 bits per heavy atom. The van der Waals surface area contributed by atoms with E-state index in [-0.39, 0.29) is 18.0 Å². The van der Waals surface area contributed by atoms with E-state index in [9.17, 15) is 9.59 Å². The lowest BCUT2D eigenvalue weighted by molar-refractivity contribution is 0.102. The number of methoxy groups -OCH3 is 1. The van der Waals surface area contributed by atoms with Gasteiger partial charge in [-0.2, -0.15) is 5.10 Å². The number of anilines is 2. The van der Waals surface area contributed by atoms with Crippen molar-refractivity contribution in [1.29, 1.82) is 0 Å². The van der Waals surface area contributed by atoms with E-state index in [2.05, 4.69) is 10.4 Å². The predicted octanol–water partition coefficient (Wildman–Crippen LogP) is 3.80. The molecule has 1 amide bonds. The van der Waals surface area contributed by atoms with Gasteiger partial charge in [0, 0.05) is 17.2 Å². The van der Waals surface area contributed by atoms with E-state index in [4.69, 9.17) is 10.5 Å². The van der Waals surface area contributed by atoms with Crippen molar-refractivity contribution < 1.29 is 9.53 Å². The zero-order valence-corrected chi connectivity index (χ0v) is 17.5. The molecular formula is C25H22N4O3. The highest BCUT2D eigenvalue weighted by atomic mass is 16.5. The van der Waals surface area contributed by atoms with Crippen LogP contribution in [0.3, 0.4) is 0 Å². The van der Waals surface area contributed by atoms with Crippen LogP contribution in [0.1, 0.15) is 15.9 Å². The molecule has 0 aliphatic carbocycles. The minimum atomic E-state index is -0.259. The molecule has 0 saturated carbocycles. The summed E-state index contributed by atoms with van der Waals surface area (Å²) in [7, 11) is 1.60. The highest BCUT2D eigenvalue weighted by Gasteiger charge is 2.09. The molecule has 3 N–H and O–H groups in total. The smallest absolute Gasteiger partial charge is 0.267 e. The number of carbonyl (C=O) groups is 1. The molecule has 0 fully saturated rings. The maximum Gasteiger partial charge on any atom is 0.267 e. The van der Waals surface area contributed by atoms with E-state index < -0.39 is 0 Å². The molecule has 3 aromatic carbocycles. The summed E-state index contributed by atoms with van der Waals surface area (Å²) in [4.78, 5) is 24.8. The van der Waals surface area contributed by atoms with Gasteiger partial charge < -0.3 is 15.8 Å². The molecule has 0 unspecified atom stereocenters. The van der Waals surface area contributed by atoms with Crippen molar-refractivity contribution in [3.8, 4) is 17.0 Å². The van der Waals surface area contributed by atoms with E-state index in [0.717, 1.165) is 11.1 Å². The highest BCUT2D eigenvalue weighted by molar-refractivity contribution is 6.05. The van der Waals surface area contributed by atoms with Gasteiger partial charge in [-0.3, -0.25) is 9.59 Å². The molecule has 0 spiro atoms. The number of rotatable bonds is 6. The lowest BCUT2D eigenvalue weighted by Crippen LogP contribution is -2.23. The molecule has 4 aromatic rings. The summed E-state index contributed by atoms with van der Waals surface area (Å²) < 4.78 is 6.66. The molecule has 1 aromatic heterocycles. The van der Waals surface area contributed by atoms with E-state index in [1.807, 2.05) is 24.3 Å². The second-order valence-electron chi connectivity index (χ2n) is 7.18. The number of aromatic nitrogens is 2. The van der Waals surface area contributed by atoms with Gasteiger partial charge in [0.25, 0.3) is 11.5 Å². The van der Waals surface area contributed by atoms with Crippen molar-refractivity contribution in [1.82, 2.24) is 9.78 Å². The van der Waals surface area contributed by atoms with Gasteiger partial charge in [0.05, 0.1) is 30.7 Å². The van der Waals surface area contributed by atoms with Crippen LogP contribution in [0.4, 0.5) is 11.4 Å². The number of benzene rings is 3. The van der Waals surface area contributed by atoms with Crippen molar-refractivity contribution in [3.05, 3.63) is 106 Å². The van der Waals surface area contributed by atoms with Crippen molar-refractivity contribution in [2.75, 3.05) is 18.2 Å². The van der Waals surface area contributed by atoms with Crippen molar-refractivity contribution in [2.24, 2.45) is 0 Å². The lowest BCUT2D eigenvalue weighted by atomic mass is 10.1. The quantitative estimate of drug-likeness (QED) is 0.457. The Morgan fingerprint density at radius 3 is 2.53 bits per heavy atom. The van der Waals surface area contributed by atoms with Crippen LogP contribution < -0.4 is 21.3 Å². The third-order valence-corrected chi connectivity index (χ3v) is 4.99. The average Bonchev–Trinajstić information content (AvgIpc) is 2.82. The number of hydrogen-bond acceptors (Lipinski definition) is 5. The first-order valence-electron chi connectivity index (χ1n) is 10.0. The van der Waals surface area contributed by atoms with E-state index in [1.165, 1.54) is 10.7 Å². The van der Waals surface area contributed by atoms with Crippen LogP contribution in [0.15, 0.2) is 89.7 Å². The van der Waals surface area contributed by atoms with Crippen LogP contribution in [0.5, 0.6) is 5.75 Å². The van der Waals surface area contributed by atoms with Gasteiger partial charge in [-0.15, -0.1) is 0 Å². The minimum Gasteiger partial charge on any atom is -0.497 e. The number of para-hydroxylation sites is 2. The van der Waals surface area contributed by atoms with Gasteiger partial charge in [0.15, 0.2) is 0 Å². The Bertz CT molecular complexity index is 1310. The van der Waals surface area contributed by atoms with Crippen LogP contribution >= 0.6 is 0 Å². The molecular weight excluding hydrogens is 404 g/mol. The molecule has 0 atom stereocenters. The van der Waals surface area contributed by atoms with Crippen molar-refractivity contribution >= 4 is 17.3 Å². The predicted molar refractivity (Wildman–Crippen MR) is 125 cm³/mol. The molecule has 0 aliphatic rings. The van der Waals surface area contributed by atoms with Crippen LogP contribution in [0.25, 0.3) is 11.3 Å². The maximum absolute atomic E-state index is 12.5. The van der Waals surface area contributed by atoms with Crippen molar-refractivity contribution in [2.45, 2.75) is 6.54 Å². The zero-order chi connectivity index (χ0) is 22.5. The summed E-state index contributed by atoms with van der Waals surface area (Å²) in [5.74, 6) is 0.456. The van der Waals surface area contributed by atoms with Gasteiger partial charge in [0.1, 0.15) is 5.75 Å². The normalized spacial score (nSPS) is 10.5. The third-order valence-electron chi connectivity index (χ3n) is 4.99. The van der Waals surface area contributed by atoms with E-state index >= 15 is 0 Å². The average molecular weight is 426 g/mol. The molecule has 1 heterocycles. The van der Waals surface area contributed by atoms with Crippen molar-refractivity contribution in [3.63, 3.8) is 0 Å². The highest BCUT2D eigenvalue weighted by Crippen LogP contribution is 2.21. The van der Waals surface area contributed by atoms with Gasteiger partial charge in [-0.1, -0.05) is 36.4 Å². The number of hydrogen-bond donors (Lipinski definition) is 2. The number of nitrogens with one attached hydrogen (secondary N) is 1. The summed E-state index contributed by atoms with van der Waals surface area (Å²) in [6.45, 7) is 0.282. The summed E-state index contributed by atoms with van der Waals surface area (Å²) in [5, 5.41) is 7.29. The first-order chi connectivity index (χ1) is 15.5. The molecule has 0 radical (unpaired) electrons. The number of nitrogen functional groups attached to an aromatic ring is 1. The SMILES string of the molecule is COc1cccc(-c2ccc(=O)n(Cc3ccc(C(=O)Nc4ccccc4N)cc3)n2)c1. The summed E-state index contributed by atoms with van der Waals surface area (Å²) in [6.07, 6.45) is 0. The fourth-order valence-corrected chi connectivity index (χ4v) is 3.24. The molecule has 0 bridgehead atoms. The van der Waals surface area contributed by atoms with E-state index in [0.29, 0.717) is 28.4 Å². The fraction of sp³-hybridized carbons (Fsp3) is 0.0800. The largest absolute Gasteiger partial charge is 0.497 e. The molecule has 4 rings (SSSR count). The van der Waals surface area contributed by atoms with Gasteiger partial charge in [-0.25, -0.2) is 4.68 Å². The molecule has 7 nitrogen and oxygen atoms in total. The van der Waals surface area contributed by atoms with Crippen LogP contribution in [0, 0.1) is 0 Å². The number of nitrogens with two attached hydrogens (primary N) is 1. The Labute approximate surface area is 185 Å². The number of ether oxygens (including phenoxy) is 1. The summed E-state index contributed by atoms with van der Waals surface area (Å²) >= 11 is 0. The standard InChI is InChI=1S/C25H22N4O3/c1-32-20-6-4-5-19(15-20)22-13-14-24(30)29(28-22)16-17-9-11-18(12-10-17)25(31)27-23-8-3-2-7-21(23)26/h2-15H,16,26H2,1H3,(H,27,31). The van der Waals surface area contributed by atoms with Gasteiger partial charge >= 0.3 is 0 Å². The van der Waals surface area contributed by atoms with Gasteiger partial charge in [-0.05, 0) is 48.0 Å². The minimum absolute atomic E-state index is 0.210.